The minimum atomic E-state index is -0.871. The lowest BCUT2D eigenvalue weighted by Crippen LogP contribution is -2.08. The maximum atomic E-state index is 12.2. The summed E-state index contributed by atoms with van der Waals surface area (Å²) in [5, 5.41) is -0.409. The molecular formula is C16H9Cl3O3. The molecule has 0 N–H and O–H groups in total. The Morgan fingerprint density at radius 1 is 0.773 bits per heavy atom. The smallest absolute Gasteiger partial charge is 0.357 e. The van der Waals surface area contributed by atoms with E-state index in [0.717, 1.165) is 0 Å². The zero-order valence-electron chi connectivity index (χ0n) is 11.1. The zero-order chi connectivity index (χ0) is 16.1. The van der Waals surface area contributed by atoms with E-state index in [0.29, 0.717) is 11.1 Å². The van der Waals surface area contributed by atoms with E-state index >= 15 is 0 Å². The van der Waals surface area contributed by atoms with Gasteiger partial charge < -0.3 is 4.74 Å². The van der Waals surface area contributed by atoms with Gasteiger partial charge in [-0.1, -0.05) is 65.1 Å². The van der Waals surface area contributed by atoms with Crippen LogP contribution >= 0.6 is 34.8 Å². The number of hydrogen-bond donors (Lipinski definition) is 0. The van der Waals surface area contributed by atoms with E-state index in [1.54, 1.807) is 36.4 Å². The molecule has 0 amide bonds. The van der Waals surface area contributed by atoms with Gasteiger partial charge >= 0.3 is 5.97 Å². The lowest BCUT2D eigenvalue weighted by molar-refractivity contribution is -0.129. The van der Waals surface area contributed by atoms with E-state index in [1.807, 2.05) is 6.07 Å². The van der Waals surface area contributed by atoms with Gasteiger partial charge in [0, 0.05) is 11.1 Å². The highest BCUT2D eigenvalue weighted by atomic mass is 35.5. The number of carbonyl (C=O) groups excluding carboxylic acids is 2. The lowest BCUT2D eigenvalue weighted by atomic mass is 10.0. The van der Waals surface area contributed by atoms with E-state index in [-0.39, 0.29) is 16.0 Å². The molecular weight excluding hydrogens is 347 g/mol. The minimum Gasteiger partial charge on any atom is -0.422 e. The Morgan fingerprint density at radius 3 is 1.86 bits per heavy atom. The van der Waals surface area contributed by atoms with Crippen LogP contribution in [0, 0.1) is 0 Å². The largest absolute Gasteiger partial charge is 0.422 e. The molecule has 0 aliphatic heterocycles. The van der Waals surface area contributed by atoms with Gasteiger partial charge in [0.15, 0.2) is 10.8 Å². The summed E-state index contributed by atoms with van der Waals surface area (Å²) in [5.74, 6) is -0.772. The first kappa shape index (κ1) is 16.6. The van der Waals surface area contributed by atoms with Gasteiger partial charge in [0.2, 0.25) is 0 Å². The van der Waals surface area contributed by atoms with E-state index < -0.39 is 11.0 Å². The van der Waals surface area contributed by atoms with E-state index in [9.17, 15) is 9.59 Å². The normalized spacial score (nSPS) is 9.95. The molecule has 2 aromatic rings. The topological polar surface area (TPSA) is 43.4 Å². The molecule has 0 saturated heterocycles. The quantitative estimate of drug-likeness (QED) is 0.345. The first-order valence-electron chi connectivity index (χ1n) is 6.12. The van der Waals surface area contributed by atoms with Gasteiger partial charge in [-0.05, 0) is 24.3 Å². The van der Waals surface area contributed by atoms with Gasteiger partial charge in [-0.2, -0.15) is 0 Å². The molecule has 6 heteroatoms. The van der Waals surface area contributed by atoms with Crippen molar-refractivity contribution in [2.24, 2.45) is 0 Å². The molecule has 2 aromatic carbocycles. The Kier molecular flexibility index (Phi) is 5.61. The molecule has 0 spiro atoms. The molecule has 0 atom stereocenters. The van der Waals surface area contributed by atoms with Gasteiger partial charge in [-0.15, -0.1) is 0 Å². The molecule has 0 bridgehead atoms. The van der Waals surface area contributed by atoms with Crippen molar-refractivity contribution in [3.05, 3.63) is 75.2 Å². The third kappa shape index (κ3) is 4.10. The molecule has 0 saturated carbocycles. The molecule has 0 unspecified atom stereocenters. The summed E-state index contributed by atoms with van der Waals surface area (Å²) >= 11 is 16.3. The molecule has 22 heavy (non-hydrogen) atoms. The zero-order valence-corrected chi connectivity index (χ0v) is 13.3. The molecule has 3 nitrogen and oxygen atoms in total. The second-order valence-electron chi connectivity index (χ2n) is 4.18. The predicted molar refractivity (Wildman–Crippen MR) is 86.5 cm³/mol. The number of ether oxygens (including phenoxy) is 1. The number of esters is 1. The summed E-state index contributed by atoms with van der Waals surface area (Å²) in [4.78, 5) is 23.8. The van der Waals surface area contributed by atoms with Crippen LogP contribution in [0.3, 0.4) is 0 Å². The molecule has 0 aliphatic rings. The number of hydrogen-bond acceptors (Lipinski definition) is 3. The predicted octanol–water partition coefficient (Wildman–Crippen LogP) is 4.71. The first-order valence-corrected chi connectivity index (χ1v) is 7.25. The summed E-state index contributed by atoms with van der Waals surface area (Å²) in [6.07, 6.45) is 0. The van der Waals surface area contributed by atoms with Gasteiger partial charge in [0.1, 0.15) is 10.2 Å². The molecule has 0 radical (unpaired) electrons. The lowest BCUT2D eigenvalue weighted by Gasteiger charge is -2.05. The molecule has 112 valence electrons. The van der Waals surface area contributed by atoms with Crippen molar-refractivity contribution in [3.8, 4) is 5.75 Å². The number of halogens is 3. The van der Waals surface area contributed by atoms with Crippen LogP contribution in [-0.2, 0) is 4.79 Å². The Morgan fingerprint density at radius 2 is 1.32 bits per heavy atom. The molecule has 2 rings (SSSR count). The van der Waals surface area contributed by atoms with Crippen molar-refractivity contribution in [1.29, 1.82) is 0 Å². The van der Waals surface area contributed by atoms with Crippen molar-refractivity contribution in [2.45, 2.75) is 0 Å². The maximum Gasteiger partial charge on any atom is 0.357 e. The third-order valence-corrected chi connectivity index (χ3v) is 3.62. The van der Waals surface area contributed by atoms with Gasteiger partial charge in [-0.3, -0.25) is 4.79 Å². The summed E-state index contributed by atoms with van der Waals surface area (Å²) in [6, 6.07) is 14.9. The summed E-state index contributed by atoms with van der Waals surface area (Å²) in [7, 11) is 0. The minimum absolute atomic E-state index is 0.125. The Hall–Kier alpha value is -1.81. The Labute approximate surface area is 142 Å². The molecule has 0 aliphatic carbocycles. The number of ketones is 1. The van der Waals surface area contributed by atoms with Crippen molar-refractivity contribution in [3.63, 3.8) is 0 Å². The summed E-state index contributed by atoms with van der Waals surface area (Å²) in [5.41, 5.74) is 1.05. The Balaban J connectivity index is 2.13. The van der Waals surface area contributed by atoms with Gasteiger partial charge in [-0.25, -0.2) is 4.79 Å². The molecule has 0 aromatic heterocycles. The standard InChI is InChI=1S/C16H9Cl3O3/c17-13(15(18)19)16(21)22-12-8-6-11(7-9-12)14(20)10-4-2-1-3-5-10/h1-9H. The number of benzene rings is 2. The van der Waals surface area contributed by atoms with Crippen molar-refractivity contribution < 1.29 is 14.3 Å². The highest BCUT2D eigenvalue weighted by molar-refractivity contribution is 6.62. The van der Waals surface area contributed by atoms with Crippen LogP contribution < -0.4 is 4.74 Å². The van der Waals surface area contributed by atoms with E-state index in [1.165, 1.54) is 12.1 Å². The summed E-state index contributed by atoms with van der Waals surface area (Å²) < 4.78 is 4.60. The first-order chi connectivity index (χ1) is 10.5. The van der Waals surface area contributed by atoms with E-state index in [4.69, 9.17) is 39.5 Å². The maximum absolute atomic E-state index is 12.2. The SMILES string of the molecule is O=C(Oc1ccc(C(=O)c2ccccc2)cc1)C(Cl)=C(Cl)Cl. The average molecular weight is 356 g/mol. The molecule has 0 heterocycles. The van der Waals surface area contributed by atoms with Crippen LogP contribution in [0.4, 0.5) is 0 Å². The highest BCUT2D eigenvalue weighted by Crippen LogP contribution is 2.21. The van der Waals surface area contributed by atoms with E-state index in [2.05, 4.69) is 0 Å². The monoisotopic (exact) mass is 354 g/mol. The van der Waals surface area contributed by atoms with Crippen LogP contribution in [0.1, 0.15) is 15.9 Å². The fourth-order valence-electron chi connectivity index (χ4n) is 1.66. The van der Waals surface area contributed by atoms with Gasteiger partial charge in [0.25, 0.3) is 0 Å². The van der Waals surface area contributed by atoms with Crippen LogP contribution in [-0.4, -0.2) is 11.8 Å². The van der Waals surface area contributed by atoms with Crippen LogP contribution in [0.5, 0.6) is 5.75 Å². The van der Waals surface area contributed by atoms with Crippen molar-refractivity contribution in [2.75, 3.05) is 0 Å². The second-order valence-corrected chi connectivity index (χ2v) is 5.51. The van der Waals surface area contributed by atoms with Crippen LogP contribution in [0.25, 0.3) is 0 Å². The summed E-state index contributed by atoms with van der Waals surface area (Å²) in [6.45, 7) is 0. The second kappa shape index (κ2) is 7.45. The van der Waals surface area contributed by atoms with Crippen LogP contribution in [0.15, 0.2) is 64.1 Å². The highest BCUT2D eigenvalue weighted by Gasteiger charge is 2.14. The fourth-order valence-corrected chi connectivity index (χ4v) is 1.85. The third-order valence-electron chi connectivity index (χ3n) is 2.71. The molecule has 0 fully saturated rings. The van der Waals surface area contributed by atoms with Crippen molar-refractivity contribution >= 4 is 46.6 Å². The Bertz CT molecular complexity index is 718. The van der Waals surface area contributed by atoms with Crippen molar-refractivity contribution in [1.82, 2.24) is 0 Å². The fraction of sp³-hybridized carbons (Fsp3) is 0. The average Bonchev–Trinajstić information content (AvgIpc) is 2.54. The van der Waals surface area contributed by atoms with Gasteiger partial charge in [0.05, 0.1) is 0 Å². The number of rotatable bonds is 4. The number of carbonyl (C=O) groups is 2. The van der Waals surface area contributed by atoms with Crippen LogP contribution in [0.2, 0.25) is 0 Å².